The molecule has 0 fully saturated rings. The van der Waals surface area contributed by atoms with Gasteiger partial charge >= 0.3 is 0 Å². The van der Waals surface area contributed by atoms with E-state index < -0.39 is 0 Å². The molecule has 1 aromatic heterocycles. The van der Waals surface area contributed by atoms with Crippen LogP contribution in [0.25, 0.3) is 0 Å². The lowest BCUT2D eigenvalue weighted by atomic mass is 10.2. The third kappa shape index (κ3) is 4.14. The molecular weight excluding hydrogens is 272 g/mol. The molecule has 0 atom stereocenters. The molecule has 0 saturated heterocycles. The Morgan fingerprint density at radius 3 is 2.70 bits per heavy atom. The van der Waals surface area contributed by atoms with E-state index in [9.17, 15) is 0 Å². The number of nitrogens with two attached hydrogens (primary N) is 1. The number of benzene rings is 1. The van der Waals surface area contributed by atoms with Crippen LogP contribution in [0.5, 0.6) is 5.75 Å². The molecule has 0 bridgehead atoms. The Kier molecular flexibility index (Phi) is 4.80. The molecule has 0 spiro atoms. The number of nitrogens with zero attached hydrogens (tertiary/aromatic N) is 3. The fourth-order valence-corrected chi connectivity index (χ4v) is 2.28. The van der Waals surface area contributed by atoms with Crippen LogP contribution >= 0.6 is 11.8 Å². The van der Waals surface area contributed by atoms with Gasteiger partial charge in [-0.25, -0.2) is 9.97 Å². The Labute approximate surface area is 121 Å². The number of thioether (sulfide) groups is 1. The topological polar surface area (TPSA) is 84.8 Å². The summed E-state index contributed by atoms with van der Waals surface area (Å²) in [7, 11) is 0. The van der Waals surface area contributed by atoms with Gasteiger partial charge in [0.25, 0.3) is 0 Å². The van der Waals surface area contributed by atoms with E-state index in [4.69, 9.17) is 15.7 Å². The van der Waals surface area contributed by atoms with Crippen molar-refractivity contribution in [2.75, 3.05) is 18.1 Å². The van der Waals surface area contributed by atoms with Crippen LogP contribution < -0.4 is 10.5 Å². The standard InChI is InChI=1S/C14H14N4OS/c1-10-8-13(16)18-14(17-10)20-7-6-19-12-4-2-11(9-15)3-5-12/h2-5,8H,6-7H2,1H3,(H2,16,17,18). The summed E-state index contributed by atoms with van der Waals surface area (Å²) < 4.78 is 5.57. The molecule has 5 nitrogen and oxygen atoms in total. The number of aromatic nitrogens is 2. The maximum Gasteiger partial charge on any atom is 0.189 e. The number of nitriles is 1. The molecule has 20 heavy (non-hydrogen) atoms. The predicted molar refractivity (Wildman–Crippen MR) is 78.6 cm³/mol. The summed E-state index contributed by atoms with van der Waals surface area (Å²) in [4.78, 5) is 8.42. The van der Waals surface area contributed by atoms with Crippen molar-refractivity contribution in [2.45, 2.75) is 12.1 Å². The molecule has 2 N–H and O–H groups in total. The number of nitrogen functional groups attached to an aromatic ring is 1. The molecule has 2 rings (SSSR count). The summed E-state index contributed by atoms with van der Waals surface area (Å²) in [6, 6.07) is 10.8. The zero-order valence-corrected chi connectivity index (χ0v) is 11.9. The first-order chi connectivity index (χ1) is 9.67. The van der Waals surface area contributed by atoms with Crippen LogP contribution in [0.4, 0.5) is 5.82 Å². The Balaban J connectivity index is 1.79. The quantitative estimate of drug-likeness (QED) is 0.516. The van der Waals surface area contributed by atoms with Gasteiger partial charge in [-0.15, -0.1) is 0 Å². The second-order valence-electron chi connectivity index (χ2n) is 4.05. The zero-order chi connectivity index (χ0) is 14.4. The van der Waals surface area contributed by atoms with Crippen molar-refractivity contribution < 1.29 is 4.74 Å². The van der Waals surface area contributed by atoms with Gasteiger partial charge in [-0.3, -0.25) is 0 Å². The summed E-state index contributed by atoms with van der Waals surface area (Å²) >= 11 is 1.50. The lowest BCUT2D eigenvalue weighted by Crippen LogP contribution is -2.02. The first-order valence-corrected chi connectivity index (χ1v) is 7.03. The largest absolute Gasteiger partial charge is 0.493 e. The maximum absolute atomic E-state index is 8.70. The number of aryl methyl sites for hydroxylation is 1. The molecule has 2 aromatic rings. The summed E-state index contributed by atoms with van der Waals surface area (Å²) in [6.45, 7) is 2.42. The SMILES string of the molecule is Cc1cc(N)nc(SCCOc2ccc(C#N)cc2)n1. The van der Waals surface area contributed by atoms with Crippen LogP contribution in [0.15, 0.2) is 35.5 Å². The summed E-state index contributed by atoms with van der Waals surface area (Å²) in [5.74, 6) is 1.95. The number of hydrogen-bond acceptors (Lipinski definition) is 6. The molecule has 1 aromatic carbocycles. The highest BCUT2D eigenvalue weighted by molar-refractivity contribution is 7.99. The summed E-state index contributed by atoms with van der Waals surface area (Å²) in [6.07, 6.45) is 0. The van der Waals surface area contributed by atoms with Crippen molar-refractivity contribution >= 4 is 17.6 Å². The lowest BCUT2D eigenvalue weighted by Gasteiger charge is -2.06. The highest BCUT2D eigenvalue weighted by atomic mass is 32.2. The lowest BCUT2D eigenvalue weighted by molar-refractivity contribution is 0.344. The monoisotopic (exact) mass is 286 g/mol. The first-order valence-electron chi connectivity index (χ1n) is 6.04. The highest BCUT2D eigenvalue weighted by Gasteiger charge is 2.01. The Bertz CT molecular complexity index is 602. The van der Waals surface area contributed by atoms with E-state index in [0.717, 1.165) is 17.2 Å². The number of rotatable bonds is 5. The number of ether oxygens (including phenoxy) is 1. The molecule has 0 aliphatic carbocycles. The second-order valence-corrected chi connectivity index (χ2v) is 5.11. The van der Waals surface area contributed by atoms with E-state index in [1.54, 1.807) is 30.3 Å². The number of anilines is 1. The average molecular weight is 286 g/mol. The van der Waals surface area contributed by atoms with Gasteiger partial charge in [-0.2, -0.15) is 5.26 Å². The maximum atomic E-state index is 8.70. The Morgan fingerprint density at radius 2 is 2.05 bits per heavy atom. The molecule has 0 aliphatic rings. The first kappa shape index (κ1) is 14.2. The predicted octanol–water partition coefficient (Wildman–Crippen LogP) is 2.41. The Morgan fingerprint density at radius 1 is 1.30 bits per heavy atom. The van der Waals surface area contributed by atoms with Gasteiger partial charge in [0.05, 0.1) is 18.2 Å². The molecule has 0 unspecified atom stereocenters. The summed E-state index contributed by atoms with van der Waals surface area (Å²) in [5, 5.41) is 9.35. The van der Waals surface area contributed by atoms with Crippen LogP contribution in [-0.2, 0) is 0 Å². The van der Waals surface area contributed by atoms with Crippen molar-refractivity contribution in [1.29, 1.82) is 5.26 Å². The normalized spacial score (nSPS) is 10.0. The zero-order valence-electron chi connectivity index (χ0n) is 11.0. The fourth-order valence-electron chi connectivity index (χ4n) is 1.55. The molecule has 0 radical (unpaired) electrons. The van der Waals surface area contributed by atoms with Crippen molar-refractivity contribution in [2.24, 2.45) is 0 Å². The third-order valence-corrected chi connectivity index (χ3v) is 3.23. The minimum Gasteiger partial charge on any atom is -0.493 e. The van der Waals surface area contributed by atoms with E-state index in [1.165, 1.54) is 11.8 Å². The molecule has 102 valence electrons. The smallest absolute Gasteiger partial charge is 0.189 e. The second kappa shape index (κ2) is 6.78. The minimum atomic E-state index is 0.480. The van der Waals surface area contributed by atoms with Crippen LogP contribution in [0, 0.1) is 18.3 Å². The van der Waals surface area contributed by atoms with Crippen LogP contribution in [0.1, 0.15) is 11.3 Å². The van der Waals surface area contributed by atoms with Crippen molar-refractivity contribution in [1.82, 2.24) is 9.97 Å². The highest BCUT2D eigenvalue weighted by Crippen LogP contribution is 2.16. The van der Waals surface area contributed by atoms with Crippen molar-refractivity contribution in [3.8, 4) is 11.8 Å². The molecule has 0 amide bonds. The Hall–Kier alpha value is -2.26. The van der Waals surface area contributed by atoms with E-state index in [2.05, 4.69) is 16.0 Å². The van der Waals surface area contributed by atoms with Crippen LogP contribution in [-0.4, -0.2) is 22.3 Å². The van der Waals surface area contributed by atoms with Gasteiger partial charge < -0.3 is 10.5 Å². The van der Waals surface area contributed by atoms with Crippen LogP contribution in [0.3, 0.4) is 0 Å². The van der Waals surface area contributed by atoms with Gasteiger partial charge in [0.15, 0.2) is 5.16 Å². The minimum absolute atomic E-state index is 0.480. The molecule has 0 saturated carbocycles. The number of hydrogen-bond donors (Lipinski definition) is 1. The van der Waals surface area contributed by atoms with Crippen molar-refractivity contribution in [3.05, 3.63) is 41.6 Å². The van der Waals surface area contributed by atoms with E-state index in [-0.39, 0.29) is 0 Å². The van der Waals surface area contributed by atoms with Gasteiger partial charge in [-0.05, 0) is 31.2 Å². The third-order valence-electron chi connectivity index (χ3n) is 2.42. The van der Waals surface area contributed by atoms with Gasteiger partial charge in [0.1, 0.15) is 11.6 Å². The average Bonchev–Trinajstić information content (AvgIpc) is 2.43. The van der Waals surface area contributed by atoms with E-state index >= 15 is 0 Å². The van der Waals surface area contributed by atoms with E-state index in [1.807, 2.05) is 6.92 Å². The van der Waals surface area contributed by atoms with Crippen molar-refractivity contribution in [3.63, 3.8) is 0 Å². The van der Waals surface area contributed by atoms with Gasteiger partial charge in [-0.1, -0.05) is 11.8 Å². The fraction of sp³-hybridized carbons (Fsp3) is 0.214. The van der Waals surface area contributed by atoms with Gasteiger partial charge in [0, 0.05) is 17.5 Å². The molecule has 6 heteroatoms. The molecule has 1 heterocycles. The van der Waals surface area contributed by atoms with Crippen LogP contribution in [0.2, 0.25) is 0 Å². The van der Waals surface area contributed by atoms with Gasteiger partial charge in [0.2, 0.25) is 0 Å². The summed E-state index contributed by atoms with van der Waals surface area (Å²) in [5.41, 5.74) is 7.14. The molecule has 0 aliphatic heterocycles. The van der Waals surface area contributed by atoms with E-state index in [0.29, 0.717) is 23.1 Å². The molecular formula is C14H14N4OS.